The maximum Gasteiger partial charge on any atom is 3.00 e. The van der Waals surface area contributed by atoms with Crippen LogP contribution in [-0.4, -0.2) is 114 Å². The summed E-state index contributed by atoms with van der Waals surface area (Å²) in [6.07, 6.45) is 0. The Morgan fingerprint density at radius 2 is 0.971 bits per heavy atom. The van der Waals surface area contributed by atoms with Crippen molar-refractivity contribution in [3.05, 3.63) is 39.9 Å². The number of carboxylic acid groups (broad SMARTS) is 3. The Kier molecular flexibility index (Phi) is 14.2. The van der Waals surface area contributed by atoms with Gasteiger partial charge in [-0.2, -0.15) is 0 Å². The molecule has 0 atom stereocenters. The second-order valence-corrected chi connectivity index (χ2v) is 8.14. The monoisotopic (exact) mass is 647 g/mol. The average Bonchev–Trinajstić information content (AvgIpc) is 2.74. The van der Waals surface area contributed by atoms with Gasteiger partial charge in [0.05, 0.1) is 22.8 Å². The normalized spacial score (nSPS) is 17.5. The van der Waals surface area contributed by atoms with E-state index >= 15 is 0 Å². The van der Waals surface area contributed by atoms with Crippen molar-refractivity contribution in [2.45, 2.75) is 6.54 Å². The van der Waals surface area contributed by atoms with Gasteiger partial charge < -0.3 is 29.7 Å². The molecule has 1 fully saturated rings. The van der Waals surface area contributed by atoms with Crippen LogP contribution >= 0.6 is 0 Å². The maximum absolute atomic E-state index is 11.2. The standard InChI is InChI=1S/C21H31N5O8.Tm/c27-19(28)14-23-7-5-22(13-17-1-3-18(4-2-17)26(33)34)6-8-24(15-20(29)30)10-12-25(11-9-23)16-21(31)32;/h1-4H,5-16H2,(H,27,28)(H,29,30)(H,31,32);/q;+3/p-3. The number of hydrogen-bond acceptors (Lipinski definition) is 12. The van der Waals surface area contributed by atoms with E-state index in [-0.39, 0.29) is 88.4 Å². The number of benzene rings is 1. The van der Waals surface area contributed by atoms with Crippen LogP contribution < -0.4 is 15.3 Å². The van der Waals surface area contributed by atoms with E-state index in [0.717, 1.165) is 5.56 Å². The van der Waals surface area contributed by atoms with E-state index in [1.54, 1.807) is 26.8 Å². The van der Waals surface area contributed by atoms with E-state index in [2.05, 4.69) is 0 Å². The number of hydrogen-bond donors (Lipinski definition) is 0. The molecule has 0 amide bonds. The van der Waals surface area contributed by atoms with Crippen LogP contribution in [-0.2, 0) is 20.9 Å². The minimum Gasteiger partial charge on any atom is -0.549 e. The van der Waals surface area contributed by atoms with Gasteiger partial charge in [0.2, 0.25) is 0 Å². The zero-order valence-corrected chi connectivity index (χ0v) is 20.9. The fourth-order valence-electron chi connectivity index (χ4n) is 3.74. The fourth-order valence-corrected chi connectivity index (χ4v) is 3.74. The van der Waals surface area contributed by atoms with Crippen molar-refractivity contribution in [3.63, 3.8) is 0 Å². The molecule has 0 aromatic heterocycles. The zero-order valence-electron chi connectivity index (χ0n) is 19.1. The van der Waals surface area contributed by atoms with E-state index in [0.29, 0.717) is 32.7 Å². The average molecular weight is 647 g/mol. The van der Waals surface area contributed by atoms with Crippen LogP contribution in [0.4, 0.5) is 5.69 Å². The van der Waals surface area contributed by atoms with Crippen molar-refractivity contribution in [2.75, 3.05) is 72.0 Å². The Balaban J connectivity index is 0.00000612. The molecule has 0 unspecified atom stereocenters. The number of aliphatic carboxylic acids is 3. The predicted molar refractivity (Wildman–Crippen MR) is 113 cm³/mol. The molecule has 1 aliphatic rings. The number of carboxylic acids is 3. The van der Waals surface area contributed by atoms with Gasteiger partial charge in [-0.15, -0.1) is 0 Å². The molecule has 1 aromatic rings. The topological polar surface area (TPSA) is 176 Å². The smallest absolute Gasteiger partial charge is 0.549 e. The van der Waals surface area contributed by atoms with Crippen molar-refractivity contribution >= 4 is 23.6 Å². The fraction of sp³-hybridized carbons (Fsp3) is 0.571. The Bertz CT molecular complexity index is 825. The van der Waals surface area contributed by atoms with Crippen LogP contribution in [0.5, 0.6) is 0 Å². The van der Waals surface area contributed by atoms with Gasteiger partial charge in [-0.05, 0) is 5.56 Å². The van der Waals surface area contributed by atoms with Crippen LogP contribution in [0.15, 0.2) is 24.3 Å². The van der Waals surface area contributed by atoms with Crippen molar-refractivity contribution in [1.82, 2.24) is 19.6 Å². The van der Waals surface area contributed by atoms with Gasteiger partial charge in [0.1, 0.15) is 0 Å². The molecule has 13 nitrogen and oxygen atoms in total. The maximum atomic E-state index is 11.2. The summed E-state index contributed by atoms with van der Waals surface area (Å²) in [5.41, 5.74) is 0.787. The number of carbonyl (C=O) groups is 3. The summed E-state index contributed by atoms with van der Waals surface area (Å²) in [6, 6.07) is 6.10. The van der Waals surface area contributed by atoms with Crippen LogP contribution in [0.25, 0.3) is 0 Å². The van der Waals surface area contributed by atoms with Crippen LogP contribution in [0.1, 0.15) is 5.56 Å². The number of non-ortho nitro benzene ring substituents is 1. The summed E-state index contributed by atoms with van der Waals surface area (Å²) in [5.74, 6) is -3.78. The first-order chi connectivity index (χ1) is 16.1. The second-order valence-electron chi connectivity index (χ2n) is 8.14. The van der Waals surface area contributed by atoms with Crippen molar-refractivity contribution in [3.8, 4) is 0 Å². The Morgan fingerprint density at radius 1 is 0.657 bits per heavy atom. The predicted octanol–water partition coefficient (Wildman–Crippen LogP) is -4.43. The summed E-state index contributed by atoms with van der Waals surface area (Å²) >= 11 is 0. The quantitative estimate of drug-likeness (QED) is 0.186. The van der Waals surface area contributed by atoms with Crippen LogP contribution in [0, 0.1) is 47.0 Å². The van der Waals surface area contributed by atoms with Gasteiger partial charge in [0.15, 0.2) is 0 Å². The minimum absolute atomic E-state index is 0. The molecular formula is C21H28N5O8Tm. The third-order valence-corrected chi connectivity index (χ3v) is 5.54. The summed E-state index contributed by atoms with van der Waals surface area (Å²) in [6.45, 7) is 2.04. The van der Waals surface area contributed by atoms with E-state index in [4.69, 9.17) is 0 Å². The molecule has 14 heteroatoms. The Labute approximate surface area is 232 Å². The molecule has 0 aliphatic carbocycles. The number of nitrogens with zero attached hydrogens (tertiary/aromatic N) is 5. The molecule has 0 radical (unpaired) electrons. The van der Waals surface area contributed by atoms with Gasteiger partial charge in [-0.3, -0.25) is 29.7 Å². The summed E-state index contributed by atoms with van der Waals surface area (Å²) in [4.78, 5) is 50.8. The van der Waals surface area contributed by atoms with Crippen molar-refractivity contribution in [1.29, 1.82) is 0 Å². The summed E-state index contributed by atoms with van der Waals surface area (Å²) < 4.78 is 0. The first kappa shape index (κ1) is 31.1. The van der Waals surface area contributed by atoms with Crippen LogP contribution in [0.3, 0.4) is 0 Å². The Hall–Kier alpha value is -1.90. The van der Waals surface area contributed by atoms with Gasteiger partial charge >= 0.3 is 36.9 Å². The van der Waals surface area contributed by atoms with Crippen molar-refractivity contribution in [2.24, 2.45) is 0 Å². The molecule has 0 saturated carbocycles. The van der Waals surface area contributed by atoms with Gasteiger partial charge in [0.25, 0.3) is 5.69 Å². The Morgan fingerprint density at radius 3 is 1.26 bits per heavy atom. The minimum atomic E-state index is -1.28. The second kappa shape index (κ2) is 16.0. The number of rotatable bonds is 9. The van der Waals surface area contributed by atoms with Gasteiger partial charge in [0, 0.05) is 90.7 Å². The molecular weight excluding hydrogens is 619 g/mol. The molecule has 1 aliphatic heterocycles. The number of nitro groups is 1. The van der Waals surface area contributed by atoms with Crippen molar-refractivity contribution < 1.29 is 71.5 Å². The number of carbonyl (C=O) groups excluding carboxylic acids is 3. The van der Waals surface area contributed by atoms with Crippen LogP contribution in [0.2, 0.25) is 0 Å². The van der Waals surface area contributed by atoms with E-state index in [9.17, 15) is 39.8 Å². The molecule has 0 spiro atoms. The zero-order chi connectivity index (χ0) is 25.1. The first-order valence-electron chi connectivity index (χ1n) is 10.8. The van der Waals surface area contributed by atoms with Gasteiger partial charge in [-0.25, -0.2) is 0 Å². The van der Waals surface area contributed by atoms with Gasteiger partial charge in [-0.1, -0.05) is 12.1 Å². The summed E-state index contributed by atoms with van der Waals surface area (Å²) in [5, 5.41) is 44.4. The van der Waals surface area contributed by atoms with E-state index in [1.807, 2.05) is 4.90 Å². The molecule has 35 heavy (non-hydrogen) atoms. The van der Waals surface area contributed by atoms with E-state index in [1.165, 1.54) is 12.1 Å². The molecule has 0 N–H and O–H groups in total. The molecule has 1 heterocycles. The number of nitro benzene ring substituents is 1. The third kappa shape index (κ3) is 12.6. The molecule has 2 rings (SSSR count). The molecule has 1 aromatic carbocycles. The van der Waals surface area contributed by atoms with E-state index < -0.39 is 22.8 Å². The first-order valence-corrected chi connectivity index (χ1v) is 10.8. The molecule has 198 valence electrons. The molecule has 1 saturated heterocycles. The largest absolute Gasteiger partial charge is 3.00 e. The molecule has 0 bridgehead atoms. The summed E-state index contributed by atoms with van der Waals surface area (Å²) in [7, 11) is 0. The third-order valence-electron chi connectivity index (χ3n) is 5.54. The SMILES string of the molecule is O=C([O-])CN1CCN(CC(=O)[O-])CCN(Cc2ccc([N+](=O)[O-])cc2)CCN(CC(=O)[O-])CC1.[Tm+3].